The molecule has 0 aromatic heterocycles. The smallest absolute Gasteiger partial charge is 0.147 e. The molecule has 0 saturated carbocycles. The minimum atomic E-state index is 0.257. The third kappa shape index (κ3) is 4.82. The van der Waals surface area contributed by atoms with Crippen LogP contribution in [0.5, 0.6) is 5.75 Å². The Labute approximate surface area is 108 Å². The van der Waals surface area contributed by atoms with Crippen molar-refractivity contribution in [2.75, 3.05) is 12.9 Å². The minimum Gasteiger partial charge on any atom is -0.496 e. The van der Waals surface area contributed by atoms with Gasteiger partial charge in [0.05, 0.1) is 12.9 Å². The SMILES string of the molecule is COc1ccc(C)cc1CC(=O)CSC(C)C. The highest BCUT2D eigenvalue weighted by Crippen LogP contribution is 2.21. The number of hydrogen-bond acceptors (Lipinski definition) is 3. The van der Waals surface area contributed by atoms with Crippen molar-refractivity contribution in [1.29, 1.82) is 0 Å². The van der Waals surface area contributed by atoms with Crippen molar-refractivity contribution in [3.63, 3.8) is 0 Å². The number of carbonyl (C=O) groups excluding carboxylic acids is 1. The third-order valence-electron chi connectivity index (χ3n) is 2.40. The second-order valence-electron chi connectivity index (χ2n) is 4.39. The maximum Gasteiger partial charge on any atom is 0.147 e. The van der Waals surface area contributed by atoms with Crippen LogP contribution in [0.1, 0.15) is 25.0 Å². The predicted octanol–water partition coefficient (Wildman–Crippen LogP) is 3.26. The van der Waals surface area contributed by atoms with Gasteiger partial charge >= 0.3 is 0 Å². The summed E-state index contributed by atoms with van der Waals surface area (Å²) in [6, 6.07) is 5.94. The van der Waals surface area contributed by atoms with Gasteiger partial charge in [-0.1, -0.05) is 31.5 Å². The van der Waals surface area contributed by atoms with Crippen LogP contribution < -0.4 is 4.74 Å². The molecule has 0 aliphatic carbocycles. The van der Waals surface area contributed by atoms with Gasteiger partial charge in [0.25, 0.3) is 0 Å². The molecule has 0 amide bonds. The predicted molar refractivity (Wildman–Crippen MR) is 74.0 cm³/mol. The molecule has 0 spiro atoms. The highest BCUT2D eigenvalue weighted by Gasteiger charge is 2.10. The molecule has 0 aliphatic rings. The molecular weight excluding hydrogens is 232 g/mol. The molecule has 0 saturated heterocycles. The maximum absolute atomic E-state index is 11.8. The molecule has 0 atom stereocenters. The van der Waals surface area contributed by atoms with Gasteiger partial charge in [0.1, 0.15) is 11.5 Å². The van der Waals surface area contributed by atoms with Crippen LogP contribution in [0, 0.1) is 6.92 Å². The standard InChI is InChI=1S/C14H20O2S/c1-10(2)17-9-13(15)8-12-7-11(3)5-6-14(12)16-4/h5-7,10H,8-9H2,1-4H3. The Morgan fingerprint density at radius 2 is 2.12 bits per heavy atom. The summed E-state index contributed by atoms with van der Waals surface area (Å²) in [5.74, 6) is 1.64. The molecule has 1 aromatic rings. The maximum atomic E-state index is 11.8. The lowest BCUT2D eigenvalue weighted by Gasteiger charge is -2.09. The summed E-state index contributed by atoms with van der Waals surface area (Å²) >= 11 is 1.69. The van der Waals surface area contributed by atoms with Gasteiger partial charge in [-0.05, 0) is 18.2 Å². The summed E-state index contributed by atoms with van der Waals surface area (Å²) in [6.07, 6.45) is 0.463. The molecule has 3 heteroatoms. The molecule has 0 heterocycles. The molecule has 17 heavy (non-hydrogen) atoms. The zero-order chi connectivity index (χ0) is 12.8. The van der Waals surface area contributed by atoms with Crippen molar-refractivity contribution in [3.05, 3.63) is 29.3 Å². The van der Waals surface area contributed by atoms with E-state index in [0.29, 0.717) is 17.4 Å². The van der Waals surface area contributed by atoms with Gasteiger partial charge < -0.3 is 4.74 Å². The van der Waals surface area contributed by atoms with Gasteiger partial charge in [0, 0.05) is 12.0 Å². The molecular formula is C14H20O2S. The number of hydrogen-bond donors (Lipinski definition) is 0. The quantitative estimate of drug-likeness (QED) is 0.777. The fourth-order valence-electron chi connectivity index (χ4n) is 1.57. The van der Waals surface area contributed by atoms with E-state index in [1.165, 1.54) is 0 Å². The van der Waals surface area contributed by atoms with E-state index in [9.17, 15) is 4.79 Å². The number of rotatable bonds is 6. The average Bonchev–Trinajstić information content (AvgIpc) is 2.27. The number of aryl methyl sites for hydroxylation is 1. The van der Waals surface area contributed by atoms with Gasteiger partial charge in [-0.2, -0.15) is 11.8 Å². The van der Waals surface area contributed by atoms with Crippen LogP contribution in [0.3, 0.4) is 0 Å². The first kappa shape index (κ1) is 14.1. The van der Waals surface area contributed by atoms with E-state index in [0.717, 1.165) is 16.9 Å². The van der Waals surface area contributed by atoms with Crippen LogP contribution in [-0.4, -0.2) is 23.9 Å². The van der Waals surface area contributed by atoms with Gasteiger partial charge in [0.2, 0.25) is 0 Å². The average molecular weight is 252 g/mol. The van der Waals surface area contributed by atoms with Gasteiger partial charge in [-0.3, -0.25) is 4.79 Å². The summed E-state index contributed by atoms with van der Waals surface area (Å²) in [5.41, 5.74) is 2.15. The van der Waals surface area contributed by atoms with Gasteiger partial charge in [-0.25, -0.2) is 0 Å². The highest BCUT2D eigenvalue weighted by atomic mass is 32.2. The first-order chi connectivity index (χ1) is 8.02. The van der Waals surface area contributed by atoms with Crippen molar-refractivity contribution >= 4 is 17.5 Å². The number of benzene rings is 1. The van der Waals surface area contributed by atoms with Crippen LogP contribution in [0.4, 0.5) is 0 Å². The molecule has 0 aliphatic heterocycles. The lowest BCUT2D eigenvalue weighted by atomic mass is 10.1. The van der Waals surface area contributed by atoms with Crippen LogP contribution in [0.2, 0.25) is 0 Å². The fraction of sp³-hybridized carbons (Fsp3) is 0.500. The largest absolute Gasteiger partial charge is 0.496 e. The normalized spacial score (nSPS) is 10.6. The molecule has 94 valence electrons. The lowest BCUT2D eigenvalue weighted by Crippen LogP contribution is -2.08. The molecule has 0 bridgehead atoms. The molecule has 0 unspecified atom stereocenters. The monoisotopic (exact) mass is 252 g/mol. The molecule has 0 N–H and O–H groups in total. The van der Waals surface area contributed by atoms with Crippen LogP contribution in [0.15, 0.2) is 18.2 Å². The molecule has 0 radical (unpaired) electrons. The van der Waals surface area contributed by atoms with Crippen LogP contribution >= 0.6 is 11.8 Å². The molecule has 1 rings (SSSR count). The van der Waals surface area contributed by atoms with Crippen LogP contribution in [0.25, 0.3) is 0 Å². The zero-order valence-electron chi connectivity index (χ0n) is 10.9. The third-order valence-corrected chi connectivity index (χ3v) is 3.56. The van der Waals surface area contributed by atoms with Crippen molar-refractivity contribution in [2.45, 2.75) is 32.4 Å². The Morgan fingerprint density at radius 1 is 1.41 bits per heavy atom. The first-order valence-electron chi connectivity index (χ1n) is 5.79. The number of ether oxygens (including phenoxy) is 1. The van der Waals surface area contributed by atoms with Gasteiger partial charge in [-0.15, -0.1) is 0 Å². The Bertz CT molecular complexity index is 386. The van der Waals surface area contributed by atoms with E-state index in [4.69, 9.17) is 4.74 Å². The highest BCUT2D eigenvalue weighted by molar-refractivity contribution is 8.00. The Balaban J connectivity index is 2.66. The summed E-state index contributed by atoms with van der Waals surface area (Å²) in [5, 5.41) is 0.498. The number of ketones is 1. The van der Waals surface area contributed by atoms with Crippen molar-refractivity contribution < 1.29 is 9.53 Å². The number of methoxy groups -OCH3 is 1. The van der Waals surface area contributed by atoms with Crippen LogP contribution in [-0.2, 0) is 11.2 Å². The Hall–Kier alpha value is -0.960. The van der Waals surface area contributed by atoms with E-state index in [-0.39, 0.29) is 5.78 Å². The van der Waals surface area contributed by atoms with E-state index in [1.807, 2.05) is 25.1 Å². The Kier molecular flexibility index (Phi) is 5.56. The lowest BCUT2D eigenvalue weighted by molar-refractivity contribution is -0.116. The summed E-state index contributed by atoms with van der Waals surface area (Å²) < 4.78 is 5.27. The van der Waals surface area contributed by atoms with Crippen molar-refractivity contribution in [3.8, 4) is 5.75 Å². The van der Waals surface area contributed by atoms with E-state index >= 15 is 0 Å². The molecule has 1 aromatic carbocycles. The number of thioether (sulfide) groups is 1. The first-order valence-corrected chi connectivity index (χ1v) is 6.84. The number of Topliss-reactive ketones (excluding diaryl/α,β-unsaturated/α-hetero) is 1. The fourth-order valence-corrected chi connectivity index (χ4v) is 2.19. The summed E-state index contributed by atoms with van der Waals surface area (Å²) in [7, 11) is 1.64. The summed E-state index contributed by atoms with van der Waals surface area (Å²) in [6.45, 7) is 6.23. The molecule has 0 fully saturated rings. The zero-order valence-corrected chi connectivity index (χ0v) is 11.8. The molecule has 2 nitrogen and oxygen atoms in total. The van der Waals surface area contributed by atoms with Crippen molar-refractivity contribution in [1.82, 2.24) is 0 Å². The minimum absolute atomic E-state index is 0.257. The number of carbonyl (C=O) groups is 1. The second kappa shape index (κ2) is 6.70. The van der Waals surface area contributed by atoms with Crippen molar-refractivity contribution in [2.24, 2.45) is 0 Å². The van der Waals surface area contributed by atoms with Gasteiger partial charge in [0.15, 0.2) is 0 Å². The Morgan fingerprint density at radius 3 is 2.71 bits per heavy atom. The van der Waals surface area contributed by atoms with E-state index in [1.54, 1.807) is 18.9 Å². The second-order valence-corrected chi connectivity index (χ2v) is 5.96. The topological polar surface area (TPSA) is 26.3 Å². The van der Waals surface area contributed by atoms with E-state index in [2.05, 4.69) is 13.8 Å². The summed E-state index contributed by atoms with van der Waals surface area (Å²) in [4.78, 5) is 11.8. The van der Waals surface area contributed by atoms with E-state index < -0.39 is 0 Å².